The fourth-order valence-corrected chi connectivity index (χ4v) is 1.54. The third-order valence-corrected chi connectivity index (χ3v) is 2.71. The van der Waals surface area contributed by atoms with E-state index in [0.29, 0.717) is 13.2 Å². The van der Waals surface area contributed by atoms with Crippen LogP contribution in [0.1, 0.15) is 31.7 Å². The summed E-state index contributed by atoms with van der Waals surface area (Å²) in [5.74, 6) is 0.873. The summed E-state index contributed by atoms with van der Waals surface area (Å²) in [6, 6.07) is 7.87. The molecule has 0 spiro atoms. The van der Waals surface area contributed by atoms with E-state index >= 15 is 0 Å². The quantitative estimate of drug-likeness (QED) is 0.709. The summed E-state index contributed by atoms with van der Waals surface area (Å²) in [6.07, 6.45) is 2.91. The standard InChI is InChI=1S/C15H24N2O2/c1-3-4-10-16-15(18)17-11-5-12-19-14-8-6-13(2)7-9-14/h6-9H,3-5,10-12H2,1-2H3,(H2,16,17,18). The number of unbranched alkanes of at least 4 members (excludes halogenated alkanes) is 1. The van der Waals surface area contributed by atoms with Gasteiger partial charge in [-0.05, 0) is 31.9 Å². The molecule has 0 saturated heterocycles. The molecule has 1 aromatic carbocycles. The van der Waals surface area contributed by atoms with E-state index in [1.807, 2.05) is 31.2 Å². The van der Waals surface area contributed by atoms with Crippen LogP contribution in [0.4, 0.5) is 4.79 Å². The Morgan fingerprint density at radius 2 is 1.74 bits per heavy atom. The molecule has 0 bridgehead atoms. The van der Waals surface area contributed by atoms with Crippen molar-refractivity contribution < 1.29 is 9.53 Å². The molecule has 1 aromatic rings. The van der Waals surface area contributed by atoms with E-state index in [4.69, 9.17) is 4.74 Å². The Labute approximate surface area is 115 Å². The number of rotatable bonds is 8. The van der Waals surface area contributed by atoms with Gasteiger partial charge in [0, 0.05) is 13.1 Å². The van der Waals surface area contributed by atoms with Crippen molar-refractivity contribution >= 4 is 6.03 Å². The van der Waals surface area contributed by atoms with Gasteiger partial charge in [-0.25, -0.2) is 4.79 Å². The predicted octanol–water partition coefficient (Wildman–Crippen LogP) is 2.86. The highest BCUT2D eigenvalue weighted by Crippen LogP contribution is 2.11. The largest absolute Gasteiger partial charge is 0.494 e. The summed E-state index contributed by atoms with van der Waals surface area (Å²) in [7, 11) is 0. The van der Waals surface area contributed by atoms with E-state index in [-0.39, 0.29) is 6.03 Å². The minimum Gasteiger partial charge on any atom is -0.494 e. The van der Waals surface area contributed by atoms with Crippen molar-refractivity contribution in [3.05, 3.63) is 29.8 Å². The number of hydrogen-bond donors (Lipinski definition) is 2. The van der Waals surface area contributed by atoms with Crippen LogP contribution in [0.25, 0.3) is 0 Å². The van der Waals surface area contributed by atoms with Crippen LogP contribution < -0.4 is 15.4 Å². The smallest absolute Gasteiger partial charge is 0.314 e. The molecule has 0 radical (unpaired) electrons. The van der Waals surface area contributed by atoms with Crippen molar-refractivity contribution in [1.82, 2.24) is 10.6 Å². The highest BCUT2D eigenvalue weighted by atomic mass is 16.5. The van der Waals surface area contributed by atoms with Crippen LogP contribution in [0.5, 0.6) is 5.75 Å². The lowest BCUT2D eigenvalue weighted by Crippen LogP contribution is -2.36. The number of hydrogen-bond acceptors (Lipinski definition) is 2. The Morgan fingerprint density at radius 1 is 1.11 bits per heavy atom. The Bertz CT molecular complexity index is 363. The van der Waals surface area contributed by atoms with E-state index in [1.54, 1.807) is 0 Å². The van der Waals surface area contributed by atoms with Crippen molar-refractivity contribution in [1.29, 1.82) is 0 Å². The molecule has 2 N–H and O–H groups in total. The van der Waals surface area contributed by atoms with Crippen LogP contribution >= 0.6 is 0 Å². The number of amides is 2. The minimum atomic E-state index is -0.0937. The van der Waals surface area contributed by atoms with Gasteiger partial charge in [-0.1, -0.05) is 31.0 Å². The van der Waals surface area contributed by atoms with Crippen molar-refractivity contribution in [2.24, 2.45) is 0 Å². The Kier molecular flexibility index (Phi) is 7.47. The van der Waals surface area contributed by atoms with Crippen LogP contribution in [-0.2, 0) is 0 Å². The SMILES string of the molecule is CCCCNC(=O)NCCCOc1ccc(C)cc1. The zero-order valence-electron chi connectivity index (χ0n) is 11.9. The molecular weight excluding hydrogens is 240 g/mol. The molecule has 0 heterocycles. The molecule has 0 unspecified atom stereocenters. The molecule has 4 heteroatoms. The summed E-state index contributed by atoms with van der Waals surface area (Å²) in [4.78, 5) is 11.3. The second-order valence-electron chi connectivity index (χ2n) is 4.55. The Balaban J connectivity index is 2.01. The summed E-state index contributed by atoms with van der Waals surface area (Å²) >= 11 is 0. The molecule has 0 aliphatic heterocycles. The number of ether oxygens (including phenoxy) is 1. The van der Waals surface area contributed by atoms with Crippen LogP contribution in [0.2, 0.25) is 0 Å². The first-order valence-electron chi connectivity index (χ1n) is 6.93. The monoisotopic (exact) mass is 264 g/mol. The molecule has 106 valence electrons. The zero-order chi connectivity index (χ0) is 13.9. The molecule has 0 aromatic heterocycles. The van der Waals surface area contributed by atoms with Crippen molar-refractivity contribution in [3.8, 4) is 5.75 Å². The third-order valence-electron chi connectivity index (χ3n) is 2.71. The average molecular weight is 264 g/mol. The van der Waals surface area contributed by atoms with Gasteiger partial charge >= 0.3 is 6.03 Å². The summed E-state index contributed by atoms with van der Waals surface area (Å²) < 4.78 is 5.57. The number of aryl methyl sites for hydroxylation is 1. The number of benzene rings is 1. The van der Waals surface area contributed by atoms with E-state index < -0.39 is 0 Å². The van der Waals surface area contributed by atoms with Crippen LogP contribution in [0, 0.1) is 6.92 Å². The molecular formula is C15H24N2O2. The van der Waals surface area contributed by atoms with Gasteiger partial charge in [-0.3, -0.25) is 0 Å². The topological polar surface area (TPSA) is 50.4 Å². The van der Waals surface area contributed by atoms with E-state index in [9.17, 15) is 4.79 Å². The molecule has 0 aliphatic rings. The second-order valence-corrected chi connectivity index (χ2v) is 4.55. The van der Waals surface area contributed by atoms with E-state index in [2.05, 4.69) is 17.6 Å². The molecule has 2 amide bonds. The number of carbonyl (C=O) groups is 1. The Morgan fingerprint density at radius 3 is 2.37 bits per heavy atom. The van der Waals surface area contributed by atoms with Gasteiger partial charge in [0.2, 0.25) is 0 Å². The number of carbonyl (C=O) groups excluding carboxylic acids is 1. The molecule has 0 aliphatic carbocycles. The molecule has 1 rings (SSSR count). The first-order chi connectivity index (χ1) is 9.22. The fraction of sp³-hybridized carbons (Fsp3) is 0.533. The van der Waals surface area contributed by atoms with Crippen molar-refractivity contribution in [3.63, 3.8) is 0 Å². The third kappa shape index (κ3) is 7.34. The molecule has 4 nitrogen and oxygen atoms in total. The van der Waals surface area contributed by atoms with E-state index in [1.165, 1.54) is 5.56 Å². The minimum absolute atomic E-state index is 0.0937. The predicted molar refractivity (Wildman–Crippen MR) is 77.6 cm³/mol. The van der Waals surface area contributed by atoms with Gasteiger partial charge in [-0.2, -0.15) is 0 Å². The van der Waals surface area contributed by atoms with Gasteiger partial charge in [0.25, 0.3) is 0 Å². The highest BCUT2D eigenvalue weighted by molar-refractivity contribution is 5.73. The van der Waals surface area contributed by atoms with Gasteiger partial charge in [-0.15, -0.1) is 0 Å². The van der Waals surface area contributed by atoms with Gasteiger partial charge in [0.1, 0.15) is 5.75 Å². The molecule has 0 atom stereocenters. The molecule has 0 saturated carbocycles. The average Bonchev–Trinajstić information content (AvgIpc) is 2.41. The maximum atomic E-state index is 11.3. The lowest BCUT2D eigenvalue weighted by Gasteiger charge is -2.08. The first-order valence-corrected chi connectivity index (χ1v) is 6.93. The van der Waals surface area contributed by atoms with E-state index in [0.717, 1.165) is 31.6 Å². The van der Waals surface area contributed by atoms with Crippen LogP contribution in [0.15, 0.2) is 24.3 Å². The fourth-order valence-electron chi connectivity index (χ4n) is 1.54. The van der Waals surface area contributed by atoms with Gasteiger partial charge < -0.3 is 15.4 Å². The summed E-state index contributed by atoms with van der Waals surface area (Å²) in [5, 5.41) is 5.61. The number of urea groups is 1. The second kappa shape index (κ2) is 9.25. The molecule has 0 fully saturated rings. The van der Waals surface area contributed by atoms with Crippen LogP contribution in [0.3, 0.4) is 0 Å². The Hall–Kier alpha value is -1.71. The molecule has 19 heavy (non-hydrogen) atoms. The maximum Gasteiger partial charge on any atom is 0.314 e. The maximum absolute atomic E-state index is 11.3. The van der Waals surface area contributed by atoms with Crippen molar-refractivity contribution in [2.45, 2.75) is 33.1 Å². The number of nitrogens with one attached hydrogen (secondary N) is 2. The van der Waals surface area contributed by atoms with Crippen molar-refractivity contribution in [2.75, 3.05) is 19.7 Å². The van der Waals surface area contributed by atoms with Gasteiger partial charge in [0.05, 0.1) is 6.61 Å². The van der Waals surface area contributed by atoms with Gasteiger partial charge in [0.15, 0.2) is 0 Å². The summed E-state index contributed by atoms with van der Waals surface area (Å²) in [5.41, 5.74) is 1.22. The highest BCUT2D eigenvalue weighted by Gasteiger charge is 1.98. The normalized spacial score (nSPS) is 10.0. The summed E-state index contributed by atoms with van der Waals surface area (Å²) in [6.45, 7) is 6.12. The lowest BCUT2D eigenvalue weighted by atomic mass is 10.2. The first kappa shape index (κ1) is 15.3. The van der Waals surface area contributed by atoms with Crippen LogP contribution in [-0.4, -0.2) is 25.7 Å². The zero-order valence-corrected chi connectivity index (χ0v) is 11.9. The lowest BCUT2D eigenvalue weighted by molar-refractivity contribution is 0.239.